The number of benzene rings is 1. The van der Waals surface area contributed by atoms with E-state index in [1.54, 1.807) is 24.3 Å². The quantitative estimate of drug-likeness (QED) is 0.324. The lowest BCUT2D eigenvalue weighted by molar-refractivity contribution is -0.116. The lowest BCUT2D eigenvalue weighted by Crippen LogP contribution is -2.10. The Morgan fingerprint density at radius 3 is 2.00 bits per heavy atom. The third-order valence-corrected chi connectivity index (χ3v) is 4.00. The molecule has 0 unspecified atom stereocenters. The highest BCUT2D eigenvalue weighted by Crippen LogP contribution is 2.15. The van der Waals surface area contributed by atoms with Crippen LogP contribution in [0, 0.1) is 0 Å². The number of halogens is 1. The molecule has 1 aromatic rings. The Bertz CT molecular complexity index is 392. The number of rotatable bonds is 11. The molecule has 0 aliphatic heterocycles. The van der Waals surface area contributed by atoms with Crippen molar-refractivity contribution in [2.75, 3.05) is 10.6 Å². The first kappa shape index (κ1) is 18.0. The second-order valence-corrected chi connectivity index (χ2v) is 6.16. The van der Waals surface area contributed by atoms with E-state index in [1.807, 2.05) is 0 Å². The summed E-state index contributed by atoms with van der Waals surface area (Å²) in [7, 11) is 0. The number of phenols is 1. The maximum atomic E-state index is 11.7. The van der Waals surface area contributed by atoms with Gasteiger partial charge in [0.15, 0.2) is 0 Å². The van der Waals surface area contributed by atoms with Crippen molar-refractivity contribution in [1.82, 2.24) is 0 Å². The van der Waals surface area contributed by atoms with Crippen molar-refractivity contribution in [3.63, 3.8) is 0 Å². The smallest absolute Gasteiger partial charge is 0.224 e. The summed E-state index contributed by atoms with van der Waals surface area (Å²) in [4.78, 5) is 11.7. The Labute approximate surface area is 136 Å². The Kier molecular flexibility index (Phi) is 9.96. The van der Waals surface area contributed by atoms with Gasteiger partial charge in [0, 0.05) is 17.4 Å². The lowest BCUT2D eigenvalue weighted by atomic mass is 10.1. The van der Waals surface area contributed by atoms with E-state index in [9.17, 15) is 4.79 Å². The highest BCUT2D eigenvalue weighted by molar-refractivity contribution is 9.09. The molecule has 2 N–H and O–H groups in total. The van der Waals surface area contributed by atoms with Gasteiger partial charge >= 0.3 is 0 Å². The van der Waals surface area contributed by atoms with Crippen LogP contribution in [0.2, 0.25) is 0 Å². The molecule has 0 aliphatic rings. The highest BCUT2D eigenvalue weighted by atomic mass is 79.9. The van der Waals surface area contributed by atoms with Crippen LogP contribution in [0.3, 0.4) is 0 Å². The van der Waals surface area contributed by atoms with Gasteiger partial charge in [0.2, 0.25) is 5.91 Å². The van der Waals surface area contributed by atoms with E-state index in [0.29, 0.717) is 6.42 Å². The first-order valence-corrected chi connectivity index (χ1v) is 8.99. The van der Waals surface area contributed by atoms with Crippen molar-refractivity contribution in [3.8, 4) is 5.75 Å². The van der Waals surface area contributed by atoms with Gasteiger partial charge in [0.1, 0.15) is 5.75 Å². The second-order valence-electron chi connectivity index (χ2n) is 5.36. The molecule has 0 saturated heterocycles. The monoisotopic (exact) mass is 355 g/mol. The molecule has 0 bridgehead atoms. The van der Waals surface area contributed by atoms with Crippen LogP contribution in [0.4, 0.5) is 5.69 Å². The molecule has 0 atom stereocenters. The van der Waals surface area contributed by atoms with E-state index in [4.69, 9.17) is 5.11 Å². The summed E-state index contributed by atoms with van der Waals surface area (Å²) in [6.45, 7) is 0. The number of alkyl halides is 1. The van der Waals surface area contributed by atoms with Crippen molar-refractivity contribution < 1.29 is 9.90 Å². The molecule has 1 amide bonds. The van der Waals surface area contributed by atoms with Crippen LogP contribution in [-0.2, 0) is 4.79 Å². The fourth-order valence-corrected chi connectivity index (χ4v) is 2.61. The Morgan fingerprint density at radius 2 is 1.43 bits per heavy atom. The summed E-state index contributed by atoms with van der Waals surface area (Å²) in [5.41, 5.74) is 0.740. The molecule has 4 heteroatoms. The van der Waals surface area contributed by atoms with Gasteiger partial charge in [-0.05, 0) is 37.1 Å². The number of unbranched alkanes of at least 4 members (excludes halogenated alkanes) is 7. The molecule has 0 saturated carbocycles. The summed E-state index contributed by atoms with van der Waals surface area (Å²) in [6.07, 6.45) is 10.4. The number of hydrogen-bond acceptors (Lipinski definition) is 2. The molecule has 0 fully saturated rings. The van der Waals surface area contributed by atoms with Crippen molar-refractivity contribution in [3.05, 3.63) is 24.3 Å². The fourth-order valence-electron chi connectivity index (χ4n) is 2.21. The molecule has 1 rings (SSSR count). The second kappa shape index (κ2) is 11.6. The van der Waals surface area contributed by atoms with E-state index in [2.05, 4.69) is 21.2 Å². The predicted molar refractivity (Wildman–Crippen MR) is 92.1 cm³/mol. The fraction of sp³-hybridized carbons (Fsp3) is 0.588. The van der Waals surface area contributed by atoms with Gasteiger partial charge in [0.25, 0.3) is 0 Å². The Hall–Kier alpha value is -1.03. The lowest BCUT2D eigenvalue weighted by Gasteiger charge is -2.05. The first-order valence-electron chi connectivity index (χ1n) is 7.87. The van der Waals surface area contributed by atoms with Crippen LogP contribution in [0.1, 0.15) is 57.8 Å². The third kappa shape index (κ3) is 9.51. The van der Waals surface area contributed by atoms with Crippen molar-refractivity contribution in [2.45, 2.75) is 57.8 Å². The number of aromatic hydroxyl groups is 1. The number of hydrogen-bond donors (Lipinski definition) is 2. The zero-order valence-electron chi connectivity index (χ0n) is 12.6. The molecular formula is C17H26BrNO2. The molecule has 0 aromatic heterocycles. The molecule has 1 aromatic carbocycles. The van der Waals surface area contributed by atoms with E-state index in [1.165, 1.54) is 38.5 Å². The van der Waals surface area contributed by atoms with Crippen LogP contribution in [0.5, 0.6) is 5.75 Å². The number of phenolic OH excluding ortho intramolecular Hbond substituents is 1. The number of carbonyl (C=O) groups is 1. The molecule has 21 heavy (non-hydrogen) atoms. The molecule has 3 nitrogen and oxygen atoms in total. The Morgan fingerprint density at radius 1 is 0.905 bits per heavy atom. The summed E-state index contributed by atoms with van der Waals surface area (Å²) in [6, 6.07) is 6.57. The summed E-state index contributed by atoms with van der Waals surface area (Å²) in [5, 5.41) is 13.1. The van der Waals surface area contributed by atoms with E-state index >= 15 is 0 Å². The van der Waals surface area contributed by atoms with Gasteiger partial charge < -0.3 is 10.4 Å². The summed E-state index contributed by atoms with van der Waals surface area (Å²) in [5.74, 6) is 0.266. The molecule has 118 valence electrons. The minimum Gasteiger partial charge on any atom is -0.508 e. The predicted octanol–water partition coefficient (Wildman–Crippen LogP) is 5.24. The van der Waals surface area contributed by atoms with Crippen LogP contribution in [-0.4, -0.2) is 16.3 Å². The maximum Gasteiger partial charge on any atom is 0.224 e. The highest BCUT2D eigenvalue weighted by Gasteiger charge is 2.02. The minimum atomic E-state index is 0.0537. The van der Waals surface area contributed by atoms with Gasteiger partial charge in [-0.2, -0.15) is 0 Å². The number of amides is 1. The molecule has 0 heterocycles. The van der Waals surface area contributed by atoms with E-state index in [0.717, 1.165) is 23.9 Å². The van der Waals surface area contributed by atoms with Crippen molar-refractivity contribution in [2.24, 2.45) is 0 Å². The average Bonchev–Trinajstić information content (AvgIpc) is 2.48. The minimum absolute atomic E-state index is 0.0537. The van der Waals surface area contributed by atoms with Gasteiger partial charge in [0.05, 0.1) is 0 Å². The van der Waals surface area contributed by atoms with Gasteiger partial charge in [-0.15, -0.1) is 0 Å². The normalized spacial score (nSPS) is 10.5. The standard InChI is InChI=1S/C17H26BrNO2/c18-14-8-6-4-2-1-3-5-7-9-17(21)19-15-10-12-16(20)13-11-15/h10-13,20H,1-9,14H2,(H,19,21). The van der Waals surface area contributed by atoms with E-state index in [-0.39, 0.29) is 11.7 Å². The Balaban J connectivity index is 1.97. The van der Waals surface area contributed by atoms with Crippen molar-refractivity contribution in [1.29, 1.82) is 0 Å². The van der Waals surface area contributed by atoms with Crippen LogP contribution in [0.25, 0.3) is 0 Å². The molecular weight excluding hydrogens is 330 g/mol. The van der Waals surface area contributed by atoms with E-state index < -0.39 is 0 Å². The third-order valence-electron chi connectivity index (χ3n) is 3.44. The SMILES string of the molecule is O=C(CCCCCCCCCCBr)Nc1ccc(O)cc1. The van der Waals surface area contributed by atoms with Gasteiger partial charge in [-0.1, -0.05) is 54.5 Å². The van der Waals surface area contributed by atoms with Gasteiger partial charge in [-0.3, -0.25) is 4.79 Å². The number of nitrogens with one attached hydrogen (secondary N) is 1. The number of anilines is 1. The summed E-state index contributed by atoms with van der Waals surface area (Å²) >= 11 is 3.44. The number of carbonyl (C=O) groups excluding carboxylic acids is 1. The van der Waals surface area contributed by atoms with Crippen molar-refractivity contribution >= 4 is 27.5 Å². The molecule has 0 spiro atoms. The van der Waals surface area contributed by atoms with Crippen LogP contribution in [0.15, 0.2) is 24.3 Å². The molecule has 0 aliphatic carbocycles. The average molecular weight is 356 g/mol. The largest absolute Gasteiger partial charge is 0.508 e. The van der Waals surface area contributed by atoms with Crippen LogP contribution < -0.4 is 5.32 Å². The summed E-state index contributed by atoms with van der Waals surface area (Å²) < 4.78 is 0. The zero-order chi connectivity index (χ0) is 15.3. The topological polar surface area (TPSA) is 49.3 Å². The first-order chi connectivity index (χ1) is 10.2. The molecule has 0 radical (unpaired) electrons. The van der Waals surface area contributed by atoms with Crippen LogP contribution >= 0.6 is 15.9 Å². The maximum absolute atomic E-state index is 11.7. The van der Waals surface area contributed by atoms with Gasteiger partial charge in [-0.25, -0.2) is 0 Å². The zero-order valence-corrected chi connectivity index (χ0v) is 14.2.